The summed E-state index contributed by atoms with van der Waals surface area (Å²) in [6.07, 6.45) is 1.95. The fraction of sp³-hybridized carbons (Fsp3) is 0.143. The van der Waals surface area contributed by atoms with E-state index in [0.29, 0.717) is 16.7 Å². The predicted molar refractivity (Wildman–Crippen MR) is 141 cm³/mol. The number of aryl methyl sites for hydroxylation is 1. The number of aromatic nitrogens is 1. The molecular weight excluding hydrogens is 442 g/mol. The first-order valence-corrected chi connectivity index (χ1v) is 12.0. The van der Waals surface area contributed by atoms with Gasteiger partial charge in [0, 0.05) is 16.8 Å². The zero-order valence-electron chi connectivity index (χ0n) is 19.3. The number of hydrogen-bond acceptors (Lipinski definition) is 4. The maximum Gasteiger partial charge on any atom is 0.264 e. The van der Waals surface area contributed by atoms with Gasteiger partial charge in [0.25, 0.3) is 5.91 Å². The van der Waals surface area contributed by atoms with Crippen molar-refractivity contribution in [2.24, 2.45) is 4.99 Å². The second-order valence-electron chi connectivity index (χ2n) is 8.07. The van der Waals surface area contributed by atoms with Gasteiger partial charge in [-0.25, -0.2) is 4.99 Å². The van der Waals surface area contributed by atoms with Crippen LogP contribution in [0.25, 0.3) is 22.5 Å². The Morgan fingerprint density at radius 3 is 2.59 bits per heavy atom. The van der Waals surface area contributed by atoms with Crippen molar-refractivity contribution in [3.63, 3.8) is 0 Å². The number of nitrogens with one attached hydrogen (secondary N) is 1. The summed E-state index contributed by atoms with van der Waals surface area (Å²) in [4.78, 5) is 17.9. The lowest BCUT2D eigenvalue weighted by Crippen LogP contribution is -2.19. The molecule has 1 aromatic heterocycles. The van der Waals surface area contributed by atoms with Crippen molar-refractivity contribution in [1.29, 1.82) is 0 Å². The van der Waals surface area contributed by atoms with E-state index in [9.17, 15) is 4.79 Å². The van der Waals surface area contributed by atoms with E-state index in [4.69, 9.17) is 4.74 Å². The molecule has 3 aromatic carbocycles. The van der Waals surface area contributed by atoms with Crippen molar-refractivity contribution in [2.75, 3.05) is 6.61 Å². The molecule has 1 N–H and O–H groups in total. The zero-order chi connectivity index (χ0) is 23.7. The van der Waals surface area contributed by atoms with Crippen LogP contribution >= 0.6 is 11.8 Å². The highest BCUT2D eigenvalue weighted by atomic mass is 32.2. The Hall–Kier alpha value is -3.77. The first-order chi connectivity index (χ1) is 16.5. The van der Waals surface area contributed by atoms with Crippen molar-refractivity contribution in [3.05, 3.63) is 94.7 Å². The topological polar surface area (TPSA) is 55.6 Å². The van der Waals surface area contributed by atoms with Gasteiger partial charge in [0.05, 0.1) is 22.9 Å². The van der Waals surface area contributed by atoms with Crippen LogP contribution in [0.4, 0.5) is 5.69 Å². The van der Waals surface area contributed by atoms with Gasteiger partial charge >= 0.3 is 0 Å². The normalized spacial score (nSPS) is 15.9. The molecule has 170 valence electrons. The Kier molecular flexibility index (Phi) is 5.99. The minimum absolute atomic E-state index is 0.135. The molecule has 0 spiro atoms. The largest absolute Gasteiger partial charge is 0.494 e. The van der Waals surface area contributed by atoms with Crippen LogP contribution in [0.3, 0.4) is 0 Å². The maximum atomic E-state index is 12.7. The highest BCUT2D eigenvalue weighted by Crippen LogP contribution is 2.32. The molecule has 1 saturated heterocycles. The molecule has 0 radical (unpaired) electrons. The Bertz CT molecular complexity index is 1440. The average Bonchev–Trinajstić information content (AvgIpc) is 3.32. The van der Waals surface area contributed by atoms with Crippen LogP contribution in [0.1, 0.15) is 23.9 Å². The van der Waals surface area contributed by atoms with Crippen molar-refractivity contribution in [1.82, 2.24) is 9.88 Å². The highest BCUT2D eigenvalue weighted by molar-refractivity contribution is 8.18. The minimum atomic E-state index is -0.135. The minimum Gasteiger partial charge on any atom is -0.494 e. The van der Waals surface area contributed by atoms with Crippen LogP contribution < -0.4 is 10.1 Å². The predicted octanol–water partition coefficient (Wildman–Crippen LogP) is 6.54. The van der Waals surface area contributed by atoms with E-state index in [2.05, 4.69) is 77.3 Å². The van der Waals surface area contributed by atoms with Gasteiger partial charge in [-0.05, 0) is 86.0 Å². The van der Waals surface area contributed by atoms with Gasteiger partial charge in [-0.15, -0.1) is 0 Å². The molecule has 1 amide bonds. The molecule has 5 nitrogen and oxygen atoms in total. The molecule has 4 aromatic rings. The van der Waals surface area contributed by atoms with Gasteiger partial charge in [-0.2, -0.15) is 0 Å². The molecule has 0 bridgehead atoms. The van der Waals surface area contributed by atoms with Gasteiger partial charge in [0.1, 0.15) is 5.75 Å². The van der Waals surface area contributed by atoms with Crippen molar-refractivity contribution in [2.45, 2.75) is 20.8 Å². The summed E-state index contributed by atoms with van der Waals surface area (Å²) in [5.74, 6) is 0.668. The van der Waals surface area contributed by atoms with E-state index >= 15 is 0 Å². The molecule has 5 rings (SSSR count). The molecule has 0 aliphatic carbocycles. The molecule has 6 heteroatoms. The van der Waals surface area contributed by atoms with E-state index < -0.39 is 0 Å². The monoisotopic (exact) mass is 467 g/mol. The van der Waals surface area contributed by atoms with E-state index in [1.54, 1.807) is 0 Å². The zero-order valence-corrected chi connectivity index (χ0v) is 20.1. The summed E-state index contributed by atoms with van der Waals surface area (Å²) in [7, 11) is 0. The van der Waals surface area contributed by atoms with Crippen molar-refractivity contribution >= 4 is 45.4 Å². The van der Waals surface area contributed by atoms with Crippen LogP contribution in [0.2, 0.25) is 0 Å². The Morgan fingerprint density at radius 2 is 1.79 bits per heavy atom. The average molecular weight is 468 g/mol. The third kappa shape index (κ3) is 4.24. The number of ether oxygens (including phenoxy) is 1. The maximum absolute atomic E-state index is 12.7. The quantitative estimate of drug-likeness (QED) is 0.339. The lowest BCUT2D eigenvalue weighted by atomic mass is 10.1. The van der Waals surface area contributed by atoms with Crippen LogP contribution in [0, 0.1) is 13.8 Å². The summed E-state index contributed by atoms with van der Waals surface area (Å²) in [5.41, 5.74) is 5.13. The number of carbonyl (C=O) groups is 1. The number of amidine groups is 1. The number of hydrogen-bond donors (Lipinski definition) is 1. The Morgan fingerprint density at radius 1 is 1.03 bits per heavy atom. The molecule has 1 fully saturated rings. The van der Waals surface area contributed by atoms with E-state index in [1.165, 1.54) is 22.5 Å². The summed E-state index contributed by atoms with van der Waals surface area (Å²) in [6, 6.07) is 24.4. The Balaban J connectivity index is 1.45. The molecule has 1 aliphatic heterocycles. The molecule has 2 heterocycles. The van der Waals surface area contributed by atoms with Gasteiger partial charge in [0.2, 0.25) is 0 Å². The number of nitrogens with zero attached hydrogens (tertiary/aromatic N) is 2. The highest BCUT2D eigenvalue weighted by Gasteiger charge is 2.24. The smallest absolute Gasteiger partial charge is 0.264 e. The number of aliphatic imine (C=N–C) groups is 1. The van der Waals surface area contributed by atoms with Gasteiger partial charge < -0.3 is 14.6 Å². The summed E-state index contributed by atoms with van der Waals surface area (Å²) >= 11 is 1.36. The third-order valence-electron chi connectivity index (χ3n) is 5.79. The van der Waals surface area contributed by atoms with Gasteiger partial charge in [-0.3, -0.25) is 4.79 Å². The fourth-order valence-electron chi connectivity index (χ4n) is 4.23. The number of carbonyl (C=O) groups excluding carboxylic acids is 1. The van der Waals surface area contributed by atoms with Crippen LogP contribution in [-0.2, 0) is 4.79 Å². The second kappa shape index (κ2) is 9.23. The first kappa shape index (κ1) is 22.0. The Labute approximate surface area is 203 Å². The van der Waals surface area contributed by atoms with Gasteiger partial charge in [0.15, 0.2) is 5.17 Å². The molecule has 0 saturated carbocycles. The van der Waals surface area contributed by atoms with Crippen LogP contribution in [-0.4, -0.2) is 22.2 Å². The lowest BCUT2D eigenvalue weighted by molar-refractivity contribution is -0.115. The summed E-state index contributed by atoms with van der Waals surface area (Å²) in [6.45, 7) is 6.76. The second-order valence-corrected chi connectivity index (χ2v) is 9.10. The first-order valence-electron chi connectivity index (χ1n) is 11.2. The number of amides is 1. The van der Waals surface area contributed by atoms with Crippen molar-refractivity contribution < 1.29 is 9.53 Å². The van der Waals surface area contributed by atoms with E-state index in [1.807, 2.05) is 37.3 Å². The number of thioether (sulfide) groups is 1. The number of benzene rings is 3. The van der Waals surface area contributed by atoms with Gasteiger partial charge in [-0.1, -0.05) is 36.4 Å². The van der Waals surface area contributed by atoms with E-state index in [0.717, 1.165) is 34.1 Å². The van der Waals surface area contributed by atoms with Crippen LogP contribution in [0.5, 0.6) is 5.75 Å². The summed E-state index contributed by atoms with van der Waals surface area (Å²) < 4.78 is 7.73. The lowest BCUT2D eigenvalue weighted by Gasteiger charge is -2.13. The molecule has 0 atom stereocenters. The third-order valence-corrected chi connectivity index (χ3v) is 6.70. The standard InChI is InChI=1S/C28H25N3O2S/c1-4-33-23-14-12-22(13-15-23)29-28-30-27(32)26(34-28)17-21-16-18(2)31(19(21)3)25-11-7-9-20-8-5-6-10-24(20)25/h5-17H,4H2,1-3H3,(H,29,30,32)/b26-17+. The van der Waals surface area contributed by atoms with Crippen molar-refractivity contribution in [3.8, 4) is 11.4 Å². The van der Waals surface area contributed by atoms with Crippen LogP contribution in [0.15, 0.2) is 82.7 Å². The fourth-order valence-corrected chi connectivity index (χ4v) is 5.06. The summed E-state index contributed by atoms with van der Waals surface area (Å²) in [5, 5.41) is 5.85. The SMILES string of the molecule is CCOc1ccc(N=C2NC(=O)/C(=C\c3cc(C)n(-c4cccc5ccccc45)c3C)S2)cc1. The molecular formula is C28H25N3O2S. The molecule has 0 unspecified atom stereocenters. The van der Waals surface area contributed by atoms with E-state index in [-0.39, 0.29) is 5.91 Å². The molecule has 34 heavy (non-hydrogen) atoms. The number of rotatable bonds is 5. The molecule has 1 aliphatic rings. The number of fused-ring (bicyclic) bond motifs is 1.